The van der Waals surface area contributed by atoms with E-state index in [-0.39, 0.29) is 0 Å². The van der Waals surface area contributed by atoms with Crippen LogP contribution in [0.1, 0.15) is 44.3 Å². The van der Waals surface area contributed by atoms with E-state index in [9.17, 15) is 0 Å². The predicted molar refractivity (Wildman–Crippen MR) is 59.5 cm³/mol. The summed E-state index contributed by atoms with van der Waals surface area (Å²) in [5, 5.41) is 3.46. The minimum absolute atomic E-state index is 0.572. The van der Waals surface area contributed by atoms with E-state index in [1.54, 1.807) is 6.20 Å². The van der Waals surface area contributed by atoms with Crippen LogP contribution in [0.4, 0.5) is 0 Å². The molecule has 1 aromatic rings. The van der Waals surface area contributed by atoms with E-state index < -0.39 is 0 Å². The molecule has 3 heteroatoms. The summed E-state index contributed by atoms with van der Waals surface area (Å²) in [4.78, 5) is 4.17. The molecule has 0 aliphatic heterocycles. The summed E-state index contributed by atoms with van der Waals surface area (Å²) < 4.78 is 5.41. The van der Waals surface area contributed by atoms with Crippen LogP contribution >= 0.6 is 0 Å². The minimum Gasteiger partial charge on any atom is -0.445 e. The molecule has 84 valence electrons. The van der Waals surface area contributed by atoms with Crippen LogP contribution in [0.25, 0.3) is 0 Å². The third-order valence-electron chi connectivity index (χ3n) is 3.18. The van der Waals surface area contributed by atoms with E-state index in [2.05, 4.69) is 17.2 Å². The average Bonchev–Trinajstić information content (AvgIpc) is 2.55. The molecule has 1 N–H and O–H groups in total. The number of nitrogens with zero attached hydrogens (tertiary/aromatic N) is 1. The minimum atomic E-state index is 0.572. The van der Waals surface area contributed by atoms with Crippen molar-refractivity contribution >= 4 is 0 Å². The zero-order valence-corrected chi connectivity index (χ0v) is 9.62. The maximum atomic E-state index is 5.41. The number of aryl methyl sites for hydroxylation is 1. The lowest BCUT2D eigenvalue weighted by molar-refractivity contribution is 0.262. The first-order chi connectivity index (χ1) is 7.24. The largest absolute Gasteiger partial charge is 0.445 e. The molecule has 15 heavy (non-hydrogen) atoms. The zero-order chi connectivity index (χ0) is 10.7. The van der Waals surface area contributed by atoms with Crippen molar-refractivity contribution < 1.29 is 4.42 Å². The van der Waals surface area contributed by atoms with Crippen LogP contribution in [0.15, 0.2) is 10.6 Å². The van der Waals surface area contributed by atoms with Crippen LogP contribution in [0.2, 0.25) is 0 Å². The zero-order valence-electron chi connectivity index (χ0n) is 9.62. The number of oxazole rings is 1. The van der Waals surface area contributed by atoms with Crippen LogP contribution in [-0.4, -0.2) is 11.0 Å². The molecule has 1 aliphatic rings. The molecule has 0 amide bonds. The molecule has 0 aromatic carbocycles. The molecular formula is C12H20N2O. The summed E-state index contributed by atoms with van der Waals surface area (Å²) in [6.45, 7) is 4.92. The summed E-state index contributed by atoms with van der Waals surface area (Å²) >= 11 is 0. The van der Waals surface area contributed by atoms with Crippen molar-refractivity contribution in [1.82, 2.24) is 10.3 Å². The summed E-state index contributed by atoms with van der Waals surface area (Å²) in [6.07, 6.45) is 7.33. The summed E-state index contributed by atoms with van der Waals surface area (Å²) in [7, 11) is 0. The molecule has 0 bridgehead atoms. The van der Waals surface area contributed by atoms with Gasteiger partial charge in [-0.25, -0.2) is 4.98 Å². The van der Waals surface area contributed by atoms with Crippen LogP contribution < -0.4 is 5.32 Å². The predicted octanol–water partition coefficient (Wildman–Crippen LogP) is 2.65. The van der Waals surface area contributed by atoms with Gasteiger partial charge in [0.1, 0.15) is 5.76 Å². The van der Waals surface area contributed by atoms with Gasteiger partial charge in [0, 0.05) is 6.04 Å². The monoisotopic (exact) mass is 208 g/mol. The maximum absolute atomic E-state index is 5.41. The SMILES string of the molecule is Cc1cnc(CNC(C)CC2CCC2)o1. The van der Waals surface area contributed by atoms with Crippen LogP contribution in [0.3, 0.4) is 0 Å². The molecule has 1 saturated carbocycles. The van der Waals surface area contributed by atoms with Crippen LogP contribution in [0, 0.1) is 12.8 Å². The number of hydrogen-bond donors (Lipinski definition) is 1. The first-order valence-electron chi connectivity index (χ1n) is 5.88. The fraction of sp³-hybridized carbons (Fsp3) is 0.750. The van der Waals surface area contributed by atoms with E-state index in [0.717, 1.165) is 24.1 Å². The highest BCUT2D eigenvalue weighted by Gasteiger charge is 2.19. The van der Waals surface area contributed by atoms with E-state index in [4.69, 9.17) is 4.42 Å². The van der Waals surface area contributed by atoms with E-state index >= 15 is 0 Å². The van der Waals surface area contributed by atoms with Gasteiger partial charge in [-0.15, -0.1) is 0 Å². The smallest absolute Gasteiger partial charge is 0.208 e. The quantitative estimate of drug-likeness (QED) is 0.808. The molecule has 0 saturated heterocycles. The highest BCUT2D eigenvalue weighted by Crippen LogP contribution is 2.30. The second-order valence-corrected chi connectivity index (χ2v) is 4.68. The molecule has 1 aromatic heterocycles. The van der Waals surface area contributed by atoms with Gasteiger partial charge in [-0.3, -0.25) is 0 Å². The highest BCUT2D eigenvalue weighted by molar-refractivity contribution is 4.90. The summed E-state index contributed by atoms with van der Waals surface area (Å²) in [5.74, 6) is 2.64. The van der Waals surface area contributed by atoms with Gasteiger partial charge >= 0.3 is 0 Å². The van der Waals surface area contributed by atoms with Crippen LogP contribution in [-0.2, 0) is 6.54 Å². The van der Waals surface area contributed by atoms with Gasteiger partial charge in [0.2, 0.25) is 5.89 Å². The first-order valence-corrected chi connectivity index (χ1v) is 5.88. The summed E-state index contributed by atoms with van der Waals surface area (Å²) in [5.41, 5.74) is 0. The molecule has 1 heterocycles. The Morgan fingerprint density at radius 2 is 2.40 bits per heavy atom. The van der Waals surface area contributed by atoms with Crippen molar-refractivity contribution in [2.75, 3.05) is 0 Å². The number of nitrogens with one attached hydrogen (secondary N) is 1. The van der Waals surface area contributed by atoms with Crippen molar-refractivity contribution in [2.24, 2.45) is 5.92 Å². The molecule has 1 fully saturated rings. The van der Waals surface area contributed by atoms with Gasteiger partial charge in [-0.1, -0.05) is 19.3 Å². The Hall–Kier alpha value is -0.830. The fourth-order valence-corrected chi connectivity index (χ4v) is 2.06. The summed E-state index contributed by atoms with van der Waals surface area (Å²) in [6, 6.07) is 0.572. The van der Waals surface area contributed by atoms with Crippen molar-refractivity contribution in [2.45, 2.75) is 52.1 Å². The van der Waals surface area contributed by atoms with E-state index in [1.807, 2.05) is 6.92 Å². The normalized spacial score (nSPS) is 18.8. The second kappa shape index (κ2) is 4.79. The van der Waals surface area contributed by atoms with Crippen molar-refractivity contribution in [3.8, 4) is 0 Å². The standard InChI is InChI=1S/C12H20N2O/c1-9(6-11-4-3-5-11)13-8-12-14-7-10(2)15-12/h7,9,11,13H,3-6,8H2,1-2H3. The van der Waals surface area contributed by atoms with Crippen LogP contribution in [0.5, 0.6) is 0 Å². The Kier molecular flexibility index (Phi) is 3.41. The number of hydrogen-bond acceptors (Lipinski definition) is 3. The Bertz CT molecular complexity index is 304. The van der Waals surface area contributed by atoms with Gasteiger partial charge in [-0.05, 0) is 26.2 Å². The van der Waals surface area contributed by atoms with E-state index in [1.165, 1.54) is 25.7 Å². The third-order valence-corrected chi connectivity index (χ3v) is 3.18. The topological polar surface area (TPSA) is 38.1 Å². The lowest BCUT2D eigenvalue weighted by Gasteiger charge is -2.28. The second-order valence-electron chi connectivity index (χ2n) is 4.68. The van der Waals surface area contributed by atoms with Gasteiger partial charge in [0.15, 0.2) is 0 Å². The molecule has 1 unspecified atom stereocenters. The van der Waals surface area contributed by atoms with Gasteiger partial charge in [0.25, 0.3) is 0 Å². The highest BCUT2D eigenvalue weighted by atomic mass is 16.4. The van der Waals surface area contributed by atoms with Gasteiger partial charge in [-0.2, -0.15) is 0 Å². The average molecular weight is 208 g/mol. The van der Waals surface area contributed by atoms with Crippen molar-refractivity contribution in [3.05, 3.63) is 17.8 Å². The van der Waals surface area contributed by atoms with Gasteiger partial charge < -0.3 is 9.73 Å². The molecular weight excluding hydrogens is 188 g/mol. The molecule has 2 rings (SSSR count). The maximum Gasteiger partial charge on any atom is 0.208 e. The van der Waals surface area contributed by atoms with Crippen molar-refractivity contribution in [3.63, 3.8) is 0 Å². The Balaban J connectivity index is 1.68. The molecule has 0 spiro atoms. The Labute approximate surface area is 91.3 Å². The van der Waals surface area contributed by atoms with E-state index in [0.29, 0.717) is 6.04 Å². The Morgan fingerprint density at radius 1 is 1.60 bits per heavy atom. The number of aromatic nitrogens is 1. The van der Waals surface area contributed by atoms with Gasteiger partial charge in [0.05, 0.1) is 12.7 Å². The fourth-order valence-electron chi connectivity index (χ4n) is 2.06. The van der Waals surface area contributed by atoms with Crippen molar-refractivity contribution in [1.29, 1.82) is 0 Å². The molecule has 0 radical (unpaired) electrons. The Morgan fingerprint density at radius 3 is 2.93 bits per heavy atom. The lowest BCUT2D eigenvalue weighted by Crippen LogP contribution is -2.29. The number of rotatable bonds is 5. The molecule has 1 aliphatic carbocycles. The third kappa shape index (κ3) is 3.06. The lowest BCUT2D eigenvalue weighted by atomic mass is 9.81. The molecule has 3 nitrogen and oxygen atoms in total. The molecule has 1 atom stereocenters. The first kappa shape index (κ1) is 10.7.